The summed E-state index contributed by atoms with van der Waals surface area (Å²) < 4.78 is 13.4. The molecule has 0 radical (unpaired) electrons. The van der Waals surface area contributed by atoms with Crippen molar-refractivity contribution in [3.63, 3.8) is 0 Å². The summed E-state index contributed by atoms with van der Waals surface area (Å²) >= 11 is 0. The van der Waals surface area contributed by atoms with Crippen molar-refractivity contribution in [3.05, 3.63) is 53.5 Å². The summed E-state index contributed by atoms with van der Waals surface area (Å²) in [6.07, 6.45) is 1.61. The molecular weight excluding hydrogens is 217 g/mol. The van der Waals surface area contributed by atoms with Crippen LogP contribution < -0.4 is 5.32 Å². The van der Waals surface area contributed by atoms with Gasteiger partial charge in [-0.3, -0.25) is 0 Å². The number of hydrogen-bond donors (Lipinski definition) is 1. The van der Waals surface area contributed by atoms with Gasteiger partial charge in [-0.2, -0.15) is 5.10 Å². The van der Waals surface area contributed by atoms with E-state index in [1.807, 2.05) is 19.1 Å². The predicted molar refractivity (Wildman–Crippen MR) is 65.2 cm³/mol. The average molecular weight is 231 g/mol. The lowest BCUT2D eigenvalue weighted by atomic mass is 10.1. The number of aryl methyl sites for hydroxylation is 1. The molecule has 0 bridgehead atoms. The van der Waals surface area contributed by atoms with Crippen LogP contribution in [0.1, 0.15) is 24.1 Å². The monoisotopic (exact) mass is 231 g/mol. The van der Waals surface area contributed by atoms with Crippen LogP contribution in [0.5, 0.6) is 0 Å². The number of anilines is 1. The van der Waals surface area contributed by atoms with Crippen LogP contribution in [-0.2, 0) is 0 Å². The second-order valence-electron chi connectivity index (χ2n) is 3.98. The summed E-state index contributed by atoms with van der Waals surface area (Å²) in [5, 5.41) is 10.9. The Morgan fingerprint density at radius 1 is 1.29 bits per heavy atom. The first kappa shape index (κ1) is 11.5. The van der Waals surface area contributed by atoms with Crippen molar-refractivity contribution in [1.82, 2.24) is 10.2 Å². The molecule has 4 heteroatoms. The highest BCUT2D eigenvalue weighted by Crippen LogP contribution is 2.19. The van der Waals surface area contributed by atoms with Gasteiger partial charge in [0.15, 0.2) is 0 Å². The molecule has 0 aliphatic carbocycles. The van der Waals surface area contributed by atoms with E-state index in [2.05, 4.69) is 15.5 Å². The molecule has 0 aliphatic heterocycles. The first-order chi connectivity index (χ1) is 8.16. The van der Waals surface area contributed by atoms with Gasteiger partial charge in [-0.25, -0.2) is 4.39 Å². The molecule has 2 aromatic rings. The SMILES string of the molecule is Cc1ccc(C(C)Nc2cccnn2)cc1F. The molecule has 1 N–H and O–H groups in total. The van der Waals surface area contributed by atoms with Crippen molar-refractivity contribution >= 4 is 5.82 Å². The molecule has 17 heavy (non-hydrogen) atoms. The minimum Gasteiger partial charge on any atom is -0.362 e. The minimum atomic E-state index is -0.185. The lowest BCUT2D eigenvalue weighted by molar-refractivity contribution is 0.614. The molecule has 3 nitrogen and oxygen atoms in total. The molecule has 1 aromatic carbocycles. The van der Waals surface area contributed by atoms with Crippen molar-refractivity contribution in [1.29, 1.82) is 0 Å². The zero-order valence-electron chi connectivity index (χ0n) is 9.81. The zero-order valence-corrected chi connectivity index (χ0v) is 9.81. The van der Waals surface area contributed by atoms with Gasteiger partial charge in [0, 0.05) is 6.20 Å². The maximum atomic E-state index is 13.4. The normalized spacial score (nSPS) is 12.2. The summed E-state index contributed by atoms with van der Waals surface area (Å²) in [5.41, 5.74) is 1.54. The molecule has 1 unspecified atom stereocenters. The van der Waals surface area contributed by atoms with Crippen molar-refractivity contribution in [2.75, 3.05) is 5.32 Å². The lowest BCUT2D eigenvalue weighted by Crippen LogP contribution is -2.08. The van der Waals surface area contributed by atoms with E-state index < -0.39 is 0 Å². The smallest absolute Gasteiger partial charge is 0.149 e. The molecule has 1 atom stereocenters. The number of nitrogens with zero attached hydrogens (tertiary/aromatic N) is 2. The van der Waals surface area contributed by atoms with Crippen molar-refractivity contribution in [3.8, 4) is 0 Å². The highest BCUT2D eigenvalue weighted by Gasteiger charge is 2.08. The first-order valence-electron chi connectivity index (χ1n) is 5.47. The standard InChI is InChI=1S/C13H14FN3/c1-9-5-6-11(8-12(9)14)10(2)16-13-4-3-7-15-17-13/h3-8,10H,1-2H3,(H,16,17). The second kappa shape index (κ2) is 4.91. The van der Waals surface area contributed by atoms with Crippen LogP contribution in [0.25, 0.3) is 0 Å². The Balaban J connectivity index is 2.14. The molecule has 0 saturated heterocycles. The predicted octanol–water partition coefficient (Wildman–Crippen LogP) is 3.10. The number of nitrogens with one attached hydrogen (secondary N) is 1. The Morgan fingerprint density at radius 2 is 2.12 bits per heavy atom. The summed E-state index contributed by atoms with van der Waals surface area (Å²) in [5.74, 6) is 0.497. The second-order valence-corrected chi connectivity index (χ2v) is 3.98. The molecule has 0 aliphatic rings. The van der Waals surface area contributed by atoms with Crippen LogP contribution in [-0.4, -0.2) is 10.2 Å². The minimum absolute atomic E-state index is 0.0122. The molecule has 0 amide bonds. The summed E-state index contributed by atoms with van der Waals surface area (Å²) in [6, 6.07) is 8.85. The summed E-state index contributed by atoms with van der Waals surface area (Å²) in [7, 11) is 0. The fraction of sp³-hybridized carbons (Fsp3) is 0.231. The van der Waals surface area contributed by atoms with Gasteiger partial charge in [-0.15, -0.1) is 5.10 Å². The number of halogens is 1. The lowest BCUT2D eigenvalue weighted by Gasteiger charge is -2.14. The number of hydrogen-bond acceptors (Lipinski definition) is 3. The quantitative estimate of drug-likeness (QED) is 0.882. The molecular formula is C13H14FN3. The van der Waals surface area contributed by atoms with Gasteiger partial charge in [0.2, 0.25) is 0 Å². The van der Waals surface area contributed by atoms with Crippen LogP contribution in [0.3, 0.4) is 0 Å². The fourth-order valence-electron chi connectivity index (χ4n) is 1.56. The highest BCUT2D eigenvalue weighted by molar-refractivity contribution is 5.37. The molecule has 0 spiro atoms. The van der Waals surface area contributed by atoms with Crippen molar-refractivity contribution in [2.45, 2.75) is 19.9 Å². The fourth-order valence-corrected chi connectivity index (χ4v) is 1.56. The van der Waals surface area contributed by atoms with Crippen LogP contribution in [0, 0.1) is 12.7 Å². The summed E-state index contributed by atoms with van der Waals surface area (Å²) in [4.78, 5) is 0. The van der Waals surface area contributed by atoms with E-state index in [-0.39, 0.29) is 11.9 Å². The van der Waals surface area contributed by atoms with Gasteiger partial charge in [0.05, 0.1) is 6.04 Å². The maximum absolute atomic E-state index is 13.4. The molecule has 1 aromatic heterocycles. The van der Waals surface area contributed by atoms with E-state index >= 15 is 0 Å². The van der Waals surface area contributed by atoms with Gasteiger partial charge in [-0.05, 0) is 43.2 Å². The van der Waals surface area contributed by atoms with E-state index in [4.69, 9.17) is 0 Å². The van der Waals surface area contributed by atoms with E-state index in [0.717, 1.165) is 5.56 Å². The Hall–Kier alpha value is -1.97. The van der Waals surface area contributed by atoms with Crippen LogP contribution in [0.2, 0.25) is 0 Å². The van der Waals surface area contributed by atoms with Gasteiger partial charge >= 0.3 is 0 Å². The number of rotatable bonds is 3. The first-order valence-corrected chi connectivity index (χ1v) is 5.47. The molecule has 88 valence electrons. The Morgan fingerprint density at radius 3 is 2.76 bits per heavy atom. The highest BCUT2D eigenvalue weighted by atomic mass is 19.1. The third-order valence-corrected chi connectivity index (χ3v) is 2.63. The summed E-state index contributed by atoms with van der Waals surface area (Å²) in [6.45, 7) is 3.71. The van der Waals surface area contributed by atoms with Gasteiger partial charge in [0.25, 0.3) is 0 Å². The van der Waals surface area contributed by atoms with Gasteiger partial charge < -0.3 is 5.32 Å². The van der Waals surface area contributed by atoms with E-state index in [0.29, 0.717) is 11.4 Å². The largest absolute Gasteiger partial charge is 0.362 e. The van der Waals surface area contributed by atoms with Crippen molar-refractivity contribution < 1.29 is 4.39 Å². The van der Waals surface area contributed by atoms with E-state index in [1.54, 1.807) is 31.3 Å². The van der Waals surface area contributed by atoms with E-state index in [1.165, 1.54) is 0 Å². The third-order valence-electron chi connectivity index (χ3n) is 2.63. The molecule has 1 heterocycles. The topological polar surface area (TPSA) is 37.8 Å². The molecule has 0 fully saturated rings. The number of aromatic nitrogens is 2. The van der Waals surface area contributed by atoms with Crippen molar-refractivity contribution in [2.24, 2.45) is 0 Å². The van der Waals surface area contributed by atoms with Gasteiger partial charge in [0.1, 0.15) is 11.6 Å². The Labute approximate surface area is 99.7 Å². The zero-order chi connectivity index (χ0) is 12.3. The van der Waals surface area contributed by atoms with Crippen LogP contribution >= 0.6 is 0 Å². The number of benzene rings is 1. The van der Waals surface area contributed by atoms with Gasteiger partial charge in [-0.1, -0.05) is 12.1 Å². The molecule has 2 rings (SSSR count). The maximum Gasteiger partial charge on any atom is 0.149 e. The van der Waals surface area contributed by atoms with E-state index in [9.17, 15) is 4.39 Å². The third kappa shape index (κ3) is 2.78. The Kier molecular flexibility index (Phi) is 3.32. The van der Waals surface area contributed by atoms with Crippen LogP contribution in [0.4, 0.5) is 10.2 Å². The Bertz CT molecular complexity index is 499. The van der Waals surface area contributed by atoms with Crippen LogP contribution in [0.15, 0.2) is 36.5 Å². The molecule has 0 saturated carbocycles. The average Bonchev–Trinajstić information content (AvgIpc) is 2.34.